The zero-order valence-electron chi connectivity index (χ0n) is 14.6. The van der Waals surface area contributed by atoms with Gasteiger partial charge in [-0.05, 0) is 38.0 Å². The Morgan fingerprint density at radius 1 is 0.920 bits per heavy atom. The van der Waals surface area contributed by atoms with Gasteiger partial charge in [-0.3, -0.25) is 9.59 Å². The monoisotopic (exact) mass is 339 g/mol. The van der Waals surface area contributed by atoms with Crippen molar-refractivity contribution < 1.29 is 19.5 Å². The van der Waals surface area contributed by atoms with Crippen LogP contribution in [0.1, 0.15) is 50.2 Å². The molecule has 0 spiro atoms. The first-order chi connectivity index (χ1) is 11.8. The SMILES string of the molecule is Cc1ccc(C(=O)CCC(=O)Nc2cc(C(=O)O)c(C)cc2C)cc1. The molecule has 5 heteroatoms. The molecule has 2 aromatic rings. The molecule has 2 N–H and O–H groups in total. The lowest BCUT2D eigenvalue weighted by molar-refractivity contribution is -0.116. The standard InChI is InChI=1S/C20H21NO4/c1-12-4-6-15(7-5-12)18(22)8-9-19(23)21-17-11-16(20(24)25)13(2)10-14(17)3/h4-7,10-11H,8-9H2,1-3H3,(H,21,23)(H,24,25). The molecule has 0 aliphatic heterocycles. The molecule has 1 amide bonds. The second-order valence-corrected chi connectivity index (χ2v) is 6.12. The molecule has 0 bridgehead atoms. The van der Waals surface area contributed by atoms with Crippen LogP contribution in [0.15, 0.2) is 36.4 Å². The number of rotatable bonds is 6. The van der Waals surface area contributed by atoms with Gasteiger partial charge in [-0.15, -0.1) is 0 Å². The molecule has 0 atom stereocenters. The number of amides is 1. The quantitative estimate of drug-likeness (QED) is 0.782. The number of aromatic carboxylic acids is 1. The molecule has 0 saturated carbocycles. The third kappa shape index (κ3) is 4.76. The summed E-state index contributed by atoms with van der Waals surface area (Å²) >= 11 is 0. The maximum absolute atomic E-state index is 12.1. The fourth-order valence-corrected chi connectivity index (χ4v) is 2.54. The van der Waals surface area contributed by atoms with Crippen molar-refractivity contribution >= 4 is 23.3 Å². The highest BCUT2D eigenvalue weighted by molar-refractivity contribution is 6.00. The fourth-order valence-electron chi connectivity index (χ4n) is 2.54. The van der Waals surface area contributed by atoms with E-state index >= 15 is 0 Å². The van der Waals surface area contributed by atoms with Gasteiger partial charge < -0.3 is 10.4 Å². The molecule has 0 aliphatic carbocycles. The van der Waals surface area contributed by atoms with Crippen LogP contribution in [-0.2, 0) is 4.79 Å². The van der Waals surface area contributed by atoms with E-state index < -0.39 is 5.97 Å². The number of Topliss-reactive ketones (excluding diaryl/α,β-unsaturated/α-hetero) is 1. The van der Waals surface area contributed by atoms with Gasteiger partial charge in [0.2, 0.25) is 5.91 Å². The minimum absolute atomic E-state index is 0.0441. The molecule has 2 aromatic carbocycles. The van der Waals surface area contributed by atoms with Crippen molar-refractivity contribution in [1.29, 1.82) is 0 Å². The van der Waals surface area contributed by atoms with Crippen LogP contribution in [0.5, 0.6) is 0 Å². The van der Waals surface area contributed by atoms with Crippen molar-refractivity contribution in [1.82, 2.24) is 0 Å². The number of carbonyl (C=O) groups is 3. The van der Waals surface area contributed by atoms with Crippen LogP contribution < -0.4 is 5.32 Å². The van der Waals surface area contributed by atoms with E-state index in [0.717, 1.165) is 11.1 Å². The van der Waals surface area contributed by atoms with E-state index in [2.05, 4.69) is 5.32 Å². The van der Waals surface area contributed by atoms with Crippen LogP contribution in [0.2, 0.25) is 0 Å². The van der Waals surface area contributed by atoms with E-state index in [-0.39, 0.29) is 30.1 Å². The minimum Gasteiger partial charge on any atom is -0.478 e. The zero-order valence-corrected chi connectivity index (χ0v) is 14.6. The summed E-state index contributed by atoms with van der Waals surface area (Å²) in [6.07, 6.45) is 0.147. The zero-order chi connectivity index (χ0) is 18.6. The molecule has 0 saturated heterocycles. The van der Waals surface area contributed by atoms with E-state index in [4.69, 9.17) is 0 Å². The van der Waals surface area contributed by atoms with Gasteiger partial charge in [-0.25, -0.2) is 4.79 Å². The van der Waals surface area contributed by atoms with Gasteiger partial charge in [-0.2, -0.15) is 0 Å². The molecule has 0 aromatic heterocycles. The lowest BCUT2D eigenvalue weighted by atomic mass is 10.0. The molecule has 25 heavy (non-hydrogen) atoms. The van der Waals surface area contributed by atoms with E-state index in [1.165, 1.54) is 6.07 Å². The fraction of sp³-hybridized carbons (Fsp3) is 0.250. The van der Waals surface area contributed by atoms with E-state index in [1.54, 1.807) is 32.0 Å². The van der Waals surface area contributed by atoms with Crippen molar-refractivity contribution in [2.24, 2.45) is 0 Å². The Kier molecular flexibility index (Phi) is 5.70. The van der Waals surface area contributed by atoms with E-state index in [9.17, 15) is 19.5 Å². The number of anilines is 1. The van der Waals surface area contributed by atoms with Gasteiger partial charge in [0.15, 0.2) is 5.78 Å². The summed E-state index contributed by atoms with van der Waals surface area (Å²) in [4.78, 5) is 35.4. The van der Waals surface area contributed by atoms with E-state index in [0.29, 0.717) is 16.8 Å². The van der Waals surface area contributed by atoms with Crippen LogP contribution in [0.3, 0.4) is 0 Å². The van der Waals surface area contributed by atoms with Gasteiger partial charge in [0.05, 0.1) is 5.56 Å². The van der Waals surface area contributed by atoms with Gasteiger partial charge in [0.1, 0.15) is 0 Å². The predicted octanol–water partition coefficient (Wildman–Crippen LogP) is 3.91. The summed E-state index contributed by atoms with van der Waals surface area (Å²) in [6, 6.07) is 10.4. The van der Waals surface area contributed by atoms with Crippen molar-refractivity contribution in [2.45, 2.75) is 33.6 Å². The summed E-state index contributed by atoms with van der Waals surface area (Å²) in [5.41, 5.74) is 3.67. The number of carboxylic acid groups (broad SMARTS) is 1. The van der Waals surface area contributed by atoms with Crippen molar-refractivity contribution in [2.75, 3.05) is 5.32 Å². The lowest BCUT2D eigenvalue weighted by Gasteiger charge is -2.11. The highest BCUT2D eigenvalue weighted by Gasteiger charge is 2.14. The molecule has 0 heterocycles. The average Bonchev–Trinajstić information content (AvgIpc) is 2.55. The lowest BCUT2D eigenvalue weighted by Crippen LogP contribution is -2.15. The summed E-state index contributed by atoms with van der Waals surface area (Å²) in [5.74, 6) is -1.45. The predicted molar refractivity (Wildman–Crippen MR) is 96.2 cm³/mol. The van der Waals surface area contributed by atoms with Gasteiger partial charge in [-0.1, -0.05) is 35.9 Å². The van der Waals surface area contributed by atoms with Crippen molar-refractivity contribution in [3.05, 3.63) is 64.2 Å². The number of hydrogen-bond acceptors (Lipinski definition) is 3. The largest absolute Gasteiger partial charge is 0.478 e. The first-order valence-electron chi connectivity index (χ1n) is 8.02. The maximum atomic E-state index is 12.1. The highest BCUT2D eigenvalue weighted by atomic mass is 16.4. The van der Waals surface area contributed by atoms with Gasteiger partial charge in [0, 0.05) is 24.1 Å². The average molecular weight is 339 g/mol. The Morgan fingerprint density at radius 2 is 1.56 bits per heavy atom. The first-order valence-corrected chi connectivity index (χ1v) is 8.02. The number of aryl methyl sites for hydroxylation is 3. The molecular formula is C20H21NO4. The number of nitrogens with one attached hydrogen (secondary N) is 1. The highest BCUT2D eigenvalue weighted by Crippen LogP contribution is 2.21. The number of benzene rings is 2. The Hall–Kier alpha value is -2.95. The maximum Gasteiger partial charge on any atom is 0.336 e. The minimum atomic E-state index is -1.04. The third-order valence-corrected chi connectivity index (χ3v) is 4.03. The third-order valence-electron chi connectivity index (χ3n) is 4.03. The van der Waals surface area contributed by atoms with E-state index in [1.807, 2.05) is 19.1 Å². The molecule has 0 radical (unpaired) electrons. The van der Waals surface area contributed by atoms with Crippen LogP contribution in [0.25, 0.3) is 0 Å². The molecule has 0 fully saturated rings. The summed E-state index contributed by atoms with van der Waals surface area (Å²) in [7, 11) is 0. The Morgan fingerprint density at radius 3 is 2.16 bits per heavy atom. The van der Waals surface area contributed by atoms with Crippen molar-refractivity contribution in [3.8, 4) is 0 Å². The molecule has 0 aliphatic rings. The molecule has 130 valence electrons. The topological polar surface area (TPSA) is 83.5 Å². The molecular weight excluding hydrogens is 318 g/mol. The van der Waals surface area contributed by atoms with Gasteiger partial charge in [0.25, 0.3) is 0 Å². The Bertz CT molecular complexity index is 822. The second kappa shape index (κ2) is 7.75. The van der Waals surface area contributed by atoms with Crippen LogP contribution in [0.4, 0.5) is 5.69 Å². The smallest absolute Gasteiger partial charge is 0.336 e. The summed E-state index contributed by atoms with van der Waals surface area (Å²) in [5, 5.41) is 11.9. The Balaban J connectivity index is 2.00. The van der Waals surface area contributed by atoms with Crippen molar-refractivity contribution in [3.63, 3.8) is 0 Å². The normalized spacial score (nSPS) is 10.4. The van der Waals surface area contributed by atoms with Crippen LogP contribution in [0, 0.1) is 20.8 Å². The first kappa shape index (κ1) is 18.4. The summed E-state index contributed by atoms with van der Waals surface area (Å²) in [6.45, 7) is 5.45. The number of ketones is 1. The Labute approximate surface area is 146 Å². The summed E-state index contributed by atoms with van der Waals surface area (Å²) < 4.78 is 0. The van der Waals surface area contributed by atoms with Gasteiger partial charge >= 0.3 is 5.97 Å². The molecule has 5 nitrogen and oxygen atoms in total. The number of carbonyl (C=O) groups excluding carboxylic acids is 2. The van der Waals surface area contributed by atoms with Crippen LogP contribution >= 0.6 is 0 Å². The number of hydrogen-bond donors (Lipinski definition) is 2. The van der Waals surface area contributed by atoms with Crippen LogP contribution in [-0.4, -0.2) is 22.8 Å². The number of carboxylic acids is 1. The second-order valence-electron chi connectivity index (χ2n) is 6.12. The molecule has 2 rings (SSSR count). The molecule has 0 unspecified atom stereocenters.